The van der Waals surface area contributed by atoms with E-state index in [2.05, 4.69) is 10.6 Å². The van der Waals surface area contributed by atoms with Crippen LogP contribution in [-0.4, -0.2) is 44.3 Å². The molecule has 0 bridgehead atoms. The molecule has 53 heavy (non-hydrogen) atoms. The Hall–Kier alpha value is -6.02. The van der Waals surface area contributed by atoms with E-state index >= 15 is 0 Å². The lowest BCUT2D eigenvalue weighted by molar-refractivity contribution is -0.383. The lowest BCUT2D eigenvalue weighted by Crippen LogP contribution is -2.29. The average molecular weight is 743 g/mol. The first-order valence-corrected chi connectivity index (χ1v) is 18.3. The molecule has 0 unspecified atom stereocenters. The highest BCUT2D eigenvalue weighted by Crippen LogP contribution is 2.34. The van der Waals surface area contributed by atoms with Crippen molar-refractivity contribution in [1.82, 2.24) is 0 Å². The minimum Gasteiger partial charge on any atom is -0.466 e. The van der Waals surface area contributed by atoms with Gasteiger partial charge in [-0.2, -0.15) is 0 Å². The van der Waals surface area contributed by atoms with Gasteiger partial charge in [-0.3, -0.25) is 24.5 Å². The third-order valence-electron chi connectivity index (χ3n) is 8.01. The number of carbonyl (C=O) groups is 3. The maximum Gasteiger partial charge on any atom is 0.305 e. The molecule has 4 aromatic rings. The summed E-state index contributed by atoms with van der Waals surface area (Å²) in [5.41, 5.74) is 1.46. The van der Waals surface area contributed by atoms with Crippen molar-refractivity contribution in [3.63, 3.8) is 0 Å². The molecule has 0 spiro atoms. The van der Waals surface area contributed by atoms with Gasteiger partial charge in [-0.1, -0.05) is 61.7 Å². The van der Waals surface area contributed by atoms with Gasteiger partial charge in [-0.15, -0.1) is 0 Å². The Kier molecular flexibility index (Phi) is 15.1. The fourth-order valence-corrected chi connectivity index (χ4v) is 5.90. The number of amides is 2. The largest absolute Gasteiger partial charge is 0.466 e. The molecule has 0 fully saturated rings. The predicted molar refractivity (Wildman–Crippen MR) is 205 cm³/mol. The monoisotopic (exact) mass is 742 g/mol. The zero-order chi connectivity index (χ0) is 38.2. The van der Waals surface area contributed by atoms with Gasteiger partial charge in [0, 0.05) is 36.9 Å². The normalized spacial score (nSPS) is 10.9. The summed E-state index contributed by atoms with van der Waals surface area (Å²) in [6.07, 6.45) is 7.41. The van der Waals surface area contributed by atoms with Crippen LogP contribution in [0, 0.1) is 17.0 Å². The molecule has 4 rings (SSSR count). The van der Waals surface area contributed by atoms with Gasteiger partial charge in [-0.25, -0.2) is 12.7 Å². The summed E-state index contributed by atoms with van der Waals surface area (Å²) in [5.74, 6) is -1.41. The number of thiol groups is 1. The van der Waals surface area contributed by atoms with Crippen molar-refractivity contribution in [3.05, 3.63) is 124 Å². The topological polar surface area (TPSA) is 174 Å². The van der Waals surface area contributed by atoms with Gasteiger partial charge in [0.05, 0.1) is 22.8 Å². The van der Waals surface area contributed by atoms with Crippen molar-refractivity contribution in [2.24, 2.45) is 0 Å². The highest BCUT2D eigenvalue weighted by molar-refractivity contribution is 7.75. The van der Waals surface area contributed by atoms with Crippen LogP contribution < -0.4 is 19.7 Å². The standard InChI is InChI=1S/C39H42N4O9S/c1-3-51-38(45)18-10-5-4-6-13-25-40-34-23-21-31(27-35(34)43(47)48)42(53(49)50)39(46)33-22-20-30(26-36(33)52-32-16-8-7-9-17-32)41-37(44)24-19-29-15-12-11-14-28(29)2/h7-9,11-12,14-17,19-24,26-27,40,53H,3-6,10,13,18,25H2,1-2H3,(H,41,44). The second-order valence-corrected chi connectivity index (χ2v) is 12.7. The van der Waals surface area contributed by atoms with Gasteiger partial charge in [-0.05, 0) is 80.3 Å². The number of rotatable bonds is 19. The Labute approximate surface area is 309 Å². The maximum absolute atomic E-state index is 13.9. The molecule has 0 atom stereocenters. The van der Waals surface area contributed by atoms with E-state index in [-0.39, 0.29) is 34.3 Å². The predicted octanol–water partition coefficient (Wildman–Crippen LogP) is 7.84. The quantitative estimate of drug-likeness (QED) is 0.0214. The summed E-state index contributed by atoms with van der Waals surface area (Å²) >= 11 is 0. The number of esters is 1. The highest BCUT2D eigenvalue weighted by Gasteiger charge is 2.27. The van der Waals surface area contributed by atoms with E-state index in [0.717, 1.165) is 42.9 Å². The first-order valence-electron chi connectivity index (χ1n) is 17.2. The molecular formula is C39H42N4O9S. The van der Waals surface area contributed by atoms with Crippen LogP contribution in [0.3, 0.4) is 0 Å². The molecule has 0 radical (unpaired) electrons. The second-order valence-electron chi connectivity index (χ2n) is 11.9. The fourth-order valence-electron chi connectivity index (χ4n) is 5.33. The second kappa shape index (κ2) is 20.1. The van der Waals surface area contributed by atoms with Gasteiger partial charge in [0.1, 0.15) is 17.2 Å². The first kappa shape index (κ1) is 39.8. The zero-order valence-corrected chi connectivity index (χ0v) is 30.4. The van der Waals surface area contributed by atoms with Gasteiger partial charge < -0.3 is 20.1 Å². The number of hydrogen-bond donors (Lipinski definition) is 3. The summed E-state index contributed by atoms with van der Waals surface area (Å²) in [7, 11) is -3.62. The molecule has 0 heterocycles. The third-order valence-corrected chi connectivity index (χ3v) is 8.75. The number of aryl methyl sites for hydroxylation is 1. The van der Waals surface area contributed by atoms with Crippen LogP contribution >= 0.6 is 0 Å². The number of nitrogens with one attached hydrogen (secondary N) is 2. The number of anilines is 3. The van der Waals surface area contributed by atoms with Crippen LogP contribution in [0.5, 0.6) is 11.5 Å². The van der Waals surface area contributed by atoms with Crippen molar-refractivity contribution < 1.29 is 37.2 Å². The van der Waals surface area contributed by atoms with Crippen LogP contribution in [-0.2, 0) is 25.2 Å². The molecule has 13 nitrogen and oxygen atoms in total. The van der Waals surface area contributed by atoms with E-state index in [9.17, 15) is 32.9 Å². The fraction of sp³-hybridized carbons (Fsp3) is 0.256. The van der Waals surface area contributed by atoms with Crippen LogP contribution in [0.4, 0.5) is 22.7 Å². The lowest BCUT2D eigenvalue weighted by Gasteiger charge is -2.19. The summed E-state index contributed by atoms with van der Waals surface area (Å²) in [6, 6.07) is 23.8. The van der Waals surface area contributed by atoms with Gasteiger partial charge in [0.15, 0.2) is 0 Å². The summed E-state index contributed by atoms with van der Waals surface area (Å²) in [6.45, 7) is 4.46. The Morgan fingerprint density at radius 3 is 2.32 bits per heavy atom. The van der Waals surface area contributed by atoms with Crippen LogP contribution in [0.25, 0.3) is 6.08 Å². The zero-order valence-electron chi connectivity index (χ0n) is 29.5. The number of hydrogen-bond acceptors (Lipinski definition) is 10. The number of para-hydroxylation sites is 1. The van der Waals surface area contributed by atoms with Crippen molar-refractivity contribution in [1.29, 1.82) is 0 Å². The van der Waals surface area contributed by atoms with Crippen LogP contribution in [0.15, 0.2) is 97.1 Å². The Morgan fingerprint density at radius 2 is 1.60 bits per heavy atom. The van der Waals surface area contributed by atoms with Gasteiger partial charge >= 0.3 is 5.97 Å². The SMILES string of the molecule is CCOC(=O)CCCCCCCNc1ccc(N(C(=O)c2ccc(NC(=O)C=Cc3ccccc3C)cc2Oc2ccccc2)[SH](=O)=O)cc1[N+](=O)[O-]. The molecule has 14 heteroatoms. The van der Waals surface area contributed by atoms with Crippen molar-refractivity contribution in [2.75, 3.05) is 28.1 Å². The number of ether oxygens (including phenoxy) is 2. The lowest BCUT2D eigenvalue weighted by atomic mass is 10.1. The van der Waals surface area contributed by atoms with Crippen LogP contribution in [0.1, 0.15) is 66.9 Å². The average Bonchev–Trinajstić information content (AvgIpc) is 3.13. The molecule has 2 amide bonds. The van der Waals surface area contributed by atoms with E-state index in [4.69, 9.17) is 9.47 Å². The summed E-state index contributed by atoms with van der Waals surface area (Å²) in [5, 5.41) is 17.8. The smallest absolute Gasteiger partial charge is 0.305 e. The molecule has 0 aromatic heterocycles. The Balaban J connectivity index is 1.51. The molecule has 0 aliphatic rings. The number of unbranched alkanes of at least 4 members (excludes halogenated alkanes) is 4. The van der Waals surface area contributed by atoms with E-state index in [1.54, 1.807) is 43.3 Å². The molecular weight excluding hydrogens is 701 g/mol. The Bertz CT molecular complexity index is 2010. The van der Waals surface area contributed by atoms with Gasteiger partial charge in [0.2, 0.25) is 16.8 Å². The molecule has 2 N–H and O–H groups in total. The molecule has 0 saturated heterocycles. The van der Waals surface area contributed by atoms with E-state index < -0.39 is 33.3 Å². The minimum atomic E-state index is -3.62. The first-order chi connectivity index (χ1) is 25.6. The number of benzene rings is 4. The van der Waals surface area contributed by atoms with Crippen LogP contribution in [0.2, 0.25) is 0 Å². The van der Waals surface area contributed by atoms with Crippen molar-refractivity contribution in [3.8, 4) is 11.5 Å². The molecule has 0 aliphatic carbocycles. The summed E-state index contributed by atoms with van der Waals surface area (Å²) in [4.78, 5) is 49.6. The number of nitro benzene ring substituents is 1. The highest BCUT2D eigenvalue weighted by atomic mass is 32.2. The van der Waals surface area contributed by atoms with E-state index in [1.807, 2.05) is 31.2 Å². The van der Waals surface area contributed by atoms with E-state index in [1.165, 1.54) is 36.4 Å². The third kappa shape index (κ3) is 12.0. The number of nitro groups is 1. The van der Waals surface area contributed by atoms with Crippen molar-refractivity contribution >= 4 is 57.5 Å². The minimum absolute atomic E-state index is 0.0580. The van der Waals surface area contributed by atoms with Gasteiger partial charge in [0.25, 0.3) is 11.6 Å². The molecule has 278 valence electrons. The molecule has 4 aromatic carbocycles. The molecule has 0 saturated carbocycles. The summed E-state index contributed by atoms with van der Waals surface area (Å²) < 4.78 is 36.5. The maximum atomic E-state index is 13.9. The van der Waals surface area contributed by atoms with E-state index in [0.29, 0.717) is 36.0 Å². The number of carbonyl (C=O) groups excluding carboxylic acids is 3. The molecule has 0 aliphatic heterocycles. The Morgan fingerprint density at radius 1 is 0.887 bits per heavy atom. The van der Waals surface area contributed by atoms with Crippen molar-refractivity contribution in [2.45, 2.75) is 52.4 Å². The number of nitrogens with zero attached hydrogens (tertiary/aromatic N) is 2.